The van der Waals surface area contributed by atoms with E-state index in [9.17, 15) is 4.79 Å². The first-order chi connectivity index (χ1) is 8.17. The van der Waals surface area contributed by atoms with Crippen LogP contribution in [-0.4, -0.2) is 18.9 Å². The van der Waals surface area contributed by atoms with Gasteiger partial charge in [0.2, 0.25) is 0 Å². The van der Waals surface area contributed by atoms with Gasteiger partial charge in [0.05, 0.1) is 0 Å². The molecule has 1 aliphatic carbocycles. The highest BCUT2D eigenvalue weighted by Crippen LogP contribution is 2.38. The number of rotatable bonds is 3. The van der Waals surface area contributed by atoms with Gasteiger partial charge in [0.15, 0.2) is 5.78 Å². The minimum Gasteiger partial charge on any atom is -0.316 e. The van der Waals surface area contributed by atoms with Gasteiger partial charge in [0, 0.05) is 12.0 Å². The summed E-state index contributed by atoms with van der Waals surface area (Å²) in [5, 5.41) is 3.38. The number of hydrogen-bond acceptors (Lipinski definition) is 2. The van der Waals surface area contributed by atoms with E-state index in [2.05, 4.69) is 25.2 Å². The van der Waals surface area contributed by atoms with Crippen molar-refractivity contribution < 1.29 is 4.79 Å². The van der Waals surface area contributed by atoms with Crippen molar-refractivity contribution in [1.29, 1.82) is 0 Å². The molecule has 1 atom stereocenters. The first kappa shape index (κ1) is 12.8. The third-order valence-corrected chi connectivity index (χ3v) is 4.58. The lowest BCUT2D eigenvalue weighted by Crippen LogP contribution is -2.39. The summed E-state index contributed by atoms with van der Waals surface area (Å²) >= 11 is 0. The molecule has 2 nitrogen and oxygen atoms in total. The molecule has 0 bridgehead atoms. The molecule has 0 amide bonds. The molecular weight excluding hydrogens is 210 g/mol. The normalized spacial score (nSPS) is 30.2. The fourth-order valence-electron chi connectivity index (χ4n) is 3.20. The summed E-state index contributed by atoms with van der Waals surface area (Å²) in [7, 11) is 0. The average molecular weight is 235 g/mol. The maximum atomic E-state index is 12.8. The fourth-order valence-corrected chi connectivity index (χ4v) is 3.20. The third kappa shape index (κ3) is 2.47. The Morgan fingerprint density at radius 1 is 1.35 bits per heavy atom. The summed E-state index contributed by atoms with van der Waals surface area (Å²) in [6, 6.07) is 0. The Hall–Kier alpha value is -0.630. The standard InChI is InChI=1S/C15H25NO/c1-12(2)15(9-10-16-11-15)14(17)13-7-5-3-4-6-8-13/h7,12,16H,3-6,8-11H2,1-2H3. The fraction of sp³-hybridized carbons (Fsp3) is 0.800. The summed E-state index contributed by atoms with van der Waals surface area (Å²) < 4.78 is 0. The molecule has 1 unspecified atom stereocenters. The molecule has 1 aliphatic heterocycles. The van der Waals surface area contributed by atoms with Gasteiger partial charge in [-0.1, -0.05) is 26.3 Å². The predicted molar refractivity (Wildman–Crippen MR) is 70.9 cm³/mol. The van der Waals surface area contributed by atoms with Gasteiger partial charge in [0.25, 0.3) is 0 Å². The Bertz CT molecular complexity index is 311. The van der Waals surface area contributed by atoms with Gasteiger partial charge in [-0.2, -0.15) is 0 Å². The lowest BCUT2D eigenvalue weighted by molar-refractivity contribution is -0.126. The van der Waals surface area contributed by atoms with Crippen LogP contribution >= 0.6 is 0 Å². The Morgan fingerprint density at radius 3 is 2.82 bits per heavy atom. The van der Waals surface area contributed by atoms with Crippen molar-refractivity contribution in [2.24, 2.45) is 11.3 Å². The monoisotopic (exact) mass is 235 g/mol. The van der Waals surface area contributed by atoms with Crippen LogP contribution in [0.1, 0.15) is 52.4 Å². The van der Waals surface area contributed by atoms with E-state index in [4.69, 9.17) is 0 Å². The topological polar surface area (TPSA) is 29.1 Å². The van der Waals surface area contributed by atoms with Crippen LogP contribution in [0.15, 0.2) is 11.6 Å². The molecule has 0 aromatic rings. The first-order valence-electron chi connectivity index (χ1n) is 7.11. The number of carbonyl (C=O) groups excluding carboxylic acids is 1. The van der Waals surface area contributed by atoms with Crippen molar-refractivity contribution in [3.05, 3.63) is 11.6 Å². The molecule has 0 aromatic heterocycles. The molecule has 96 valence electrons. The molecule has 0 spiro atoms. The molecule has 1 N–H and O–H groups in total. The summed E-state index contributed by atoms with van der Waals surface area (Å²) in [5.41, 5.74) is 1.01. The molecule has 1 fully saturated rings. The van der Waals surface area contributed by atoms with E-state index >= 15 is 0 Å². The number of hydrogen-bond donors (Lipinski definition) is 1. The van der Waals surface area contributed by atoms with Crippen LogP contribution in [0, 0.1) is 11.3 Å². The SMILES string of the molecule is CC(C)C1(C(=O)C2=CCCCCC2)CCNC1. The van der Waals surface area contributed by atoms with E-state index in [0.717, 1.165) is 37.9 Å². The smallest absolute Gasteiger partial charge is 0.166 e. The van der Waals surface area contributed by atoms with Gasteiger partial charge in [-0.15, -0.1) is 0 Å². The van der Waals surface area contributed by atoms with Crippen LogP contribution < -0.4 is 5.32 Å². The van der Waals surface area contributed by atoms with Crippen LogP contribution in [0.3, 0.4) is 0 Å². The Morgan fingerprint density at radius 2 is 2.18 bits per heavy atom. The lowest BCUT2D eigenvalue weighted by Gasteiger charge is -2.32. The summed E-state index contributed by atoms with van der Waals surface area (Å²) in [4.78, 5) is 12.8. The molecule has 0 saturated carbocycles. The van der Waals surface area contributed by atoms with Crippen molar-refractivity contribution in [2.75, 3.05) is 13.1 Å². The van der Waals surface area contributed by atoms with E-state index in [1.807, 2.05) is 0 Å². The second-order valence-electron chi connectivity index (χ2n) is 5.90. The lowest BCUT2D eigenvalue weighted by atomic mass is 9.70. The number of Topliss-reactive ketones (excluding diaryl/α,β-unsaturated/α-hetero) is 1. The second-order valence-corrected chi connectivity index (χ2v) is 5.90. The van der Waals surface area contributed by atoms with Gasteiger partial charge in [-0.25, -0.2) is 0 Å². The van der Waals surface area contributed by atoms with Crippen molar-refractivity contribution >= 4 is 5.78 Å². The Kier molecular flexibility index (Phi) is 4.03. The molecule has 17 heavy (non-hydrogen) atoms. The van der Waals surface area contributed by atoms with E-state index < -0.39 is 0 Å². The van der Waals surface area contributed by atoms with Crippen LogP contribution in [0.4, 0.5) is 0 Å². The highest BCUT2D eigenvalue weighted by Gasteiger charge is 2.44. The van der Waals surface area contributed by atoms with Gasteiger partial charge < -0.3 is 5.32 Å². The van der Waals surface area contributed by atoms with Gasteiger partial charge in [-0.05, 0) is 50.1 Å². The minimum absolute atomic E-state index is 0.115. The maximum absolute atomic E-state index is 12.8. The first-order valence-corrected chi connectivity index (χ1v) is 7.11. The van der Waals surface area contributed by atoms with E-state index in [1.165, 1.54) is 19.3 Å². The molecule has 2 aliphatic rings. The summed E-state index contributed by atoms with van der Waals surface area (Å²) in [6.45, 7) is 6.27. The number of carbonyl (C=O) groups is 1. The number of allylic oxidation sites excluding steroid dienone is 2. The zero-order valence-corrected chi connectivity index (χ0v) is 11.2. The Labute approximate surface area is 105 Å². The highest BCUT2D eigenvalue weighted by atomic mass is 16.1. The molecule has 0 aromatic carbocycles. The number of ketones is 1. The van der Waals surface area contributed by atoms with Crippen LogP contribution in [0.2, 0.25) is 0 Å². The molecule has 2 rings (SSSR count). The highest BCUT2D eigenvalue weighted by molar-refractivity contribution is 6.00. The Balaban J connectivity index is 2.19. The van der Waals surface area contributed by atoms with Gasteiger partial charge in [0.1, 0.15) is 0 Å². The maximum Gasteiger partial charge on any atom is 0.166 e. The second kappa shape index (κ2) is 5.34. The molecule has 1 heterocycles. The van der Waals surface area contributed by atoms with Crippen LogP contribution in [0.25, 0.3) is 0 Å². The third-order valence-electron chi connectivity index (χ3n) is 4.58. The van der Waals surface area contributed by atoms with Crippen molar-refractivity contribution in [1.82, 2.24) is 5.32 Å². The molecule has 2 heteroatoms. The largest absolute Gasteiger partial charge is 0.316 e. The number of nitrogens with one attached hydrogen (secondary N) is 1. The van der Waals surface area contributed by atoms with Crippen molar-refractivity contribution in [2.45, 2.75) is 52.4 Å². The molecular formula is C15H25NO. The minimum atomic E-state index is -0.115. The summed E-state index contributed by atoms with van der Waals surface area (Å²) in [6.07, 6.45) is 9.07. The van der Waals surface area contributed by atoms with E-state index in [-0.39, 0.29) is 5.41 Å². The van der Waals surface area contributed by atoms with Crippen LogP contribution in [0.5, 0.6) is 0 Å². The van der Waals surface area contributed by atoms with Crippen LogP contribution in [-0.2, 0) is 4.79 Å². The average Bonchev–Trinajstić information content (AvgIpc) is 2.66. The zero-order chi connectivity index (χ0) is 12.3. The van der Waals surface area contributed by atoms with Gasteiger partial charge in [-0.3, -0.25) is 4.79 Å². The van der Waals surface area contributed by atoms with E-state index in [0.29, 0.717) is 11.7 Å². The molecule has 1 saturated heterocycles. The predicted octanol–water partition coefficient (Wildman–Crippen LogP) is 3.08. The summed E-state index contributed by atoms with van der Waals surface area (Å²) in [5.74, 6) is 0.883. The van der Waals surface area contributed by atoms with Gasteiger partial charge >= 0.3 is 0 Å². The van der Waals surface area contributed by atoms with Crippen molar-refractivity contribution in [3.8, 4) is 0 Å². The van der Waals surface area contributed by atoms with E-state index in [1.54, 1.807) is 0 Å². The quantitative estimate of drug-likeness (QED) is 0.814. The zero-order valence-electron chi connectivity index (χ0n) is 11.2. The molecule has 0 radical (unpaired) electrons. The van der Waals surface area contributed by atoms with Crippen molar-refractivity contribution in [3.63, 3.8) is 0 Å².